The van der Waals surface area contributed by atoms with Crippen LogP contribution >= 0.6 is 27.3 Å². The molecule has 0 aromatic carbocycles. The molecule has 0 fully saturated rings. The third kappa shape index (κ3) is 3.32. The topological polar surface area (TPSA) is 66.4 Å². The summed E-state index contributed by atoms with van der Waals surface area (Å²) in [5.41, 5.74) is 0. The summed E-state index contributed by atoms with van der Waals surface area (Å²) in [6.45, 7) is 1.55. The number of sulfonamides is 1. The molecule has 1 aromatic rings. The first-order valence-corrected chi connectivity index (χ1v) is 6.94. The van der Waals surface area contributed by atoms with E-state index in [-0.39, 0.29) is 10.8 Å². The number of aliphatic hydroxyl groups excluding tert-OH is 1. The Bertz CT molecular complexity index is 399. The molecule has 0 bridgehead atoms. The van der Waals surface area contributed by atoms with E-state index in [1.54, 1.807) is 6.07 Å². The Morgan fingerprint density at radius 1 is 1.64 bits per heavy atom. The summed E-state index contributed by atoms with van der Waals surface area (Å²) in [4.78, 5) is 0. The van der Waals surface area contributed by atoms with Crippen molar-refractivity contribution in [2.45, 2.75) is 17.2 Å². The molecule has 0 spiro atoms. The van der Waals surface area contributed by atoms with Crippen LogP contribution in [0.2, 0.25) is 0 Å². The van der Waals surface area contributed by atoms with Crippen molar-refractivity contribution < 1.29 is 13.5 Å². The number of halogens is 1. The van der Waals surface area contributed by atoms with Crippen molar-refractivity contribution in [2.75, 3.05) is 6.54 Å². The van der Waals surface area contributed by atoms with Crippen LogP contribution in [0.4, 0.5) is 0 Å². The molecule has 0 saturated carbocycles. The Morgan fingerprint density at radius 2 is 2.29 bits per heavy atom. The Kier molecular flexibility index (Phi) is 4.08. The van der Waals surface area contributed by atoms with Gasteiger partial charge in [-0.3, -0.25) is 0 Å². The fraction of sp³-hybridized carbons (Fsp3) is 0.429. The minimum atomic E-state index is -3.46. The first kappa shape index (κ1) is 12.1. The van der Waals surface area contributed by atoms with Gasteiger partial charge in [-0.1, -0.05) is 0 Å². The minimum Gasteiger partial charge on any atom is -0.392 e. The lowest BCUT2D eigenvalue weighted by Gasteiger charge is -2.05. The molecule has 0 radical (unpaired) electrons. The fourth-order valence-electron chi connectivity index (χ4n) is 0.744. The molecular weight excluding hydrogens is 290 g/mol. The van der Waals surface area contributed by atoms with Crippen LogP contribution in [-0.2, 0) is 10.0 Å². The van der Waals surface area contributed by atoms with Crippen LogP contribution < -0.4 is 4.72 Å². The lowest BCUT2D eigenvalue weighted by molar-refractivity contribution is 0.198. The number of aliphatic hydroxyl groups is 1. The largest absolute Gasteiger partial charge is 0.392 e. The highest BCUT2D eigenvalue weighted by molar-refractivity contribution is 9.11. The van der Waals surface area contributed by atoms with E-state index in [2.05, 4.69) is 20.7 Å². The molecule has 0 aliphatic rings. The van der Waals surface area contributed by atoms with Crippen molar-refractivity contribution in [1.82, 2.24) is 4.72 Å². The summed E-state index contributed by atoms with van der Waals surface area (Å²) >= 11 is 4.31. The third-order valence-corrected chi connectivity index (χ3v) is 4.92. The zero-order chi connectivity index (χ0) is 10.8. The minimum absolute atomic E-state index is 0.0256. The van der Waals surface area contributed by atoms with Gasteiger partial charge in [0.2, 0.25) is 10.0 Å². The van der Waals surface area contributed by atoms with Crippen molar-refractivity contribution >= 4 is 37.3 Å². The molecule has 0 amide bonds. The van der Waals surface area contributed by atoms with Crippen LogP contribution in [-0.4, -0.2) is 26.2 Å². The average Bonchev–Trinajstić information content (AvgIpc) is 2.49. The van der Waals surface area contributed by atoms with Gasteiger partial charge in [-0.2, -0.15) is 0 Å². The van der Waals surface area contributed by atoms with Crippen molar-refractivity contribution in [2.24, 2.45) is 0 Å². The first-order valence-electron chi connectivity index (χ1n) is 3.85. The molecule has 0 aliphatic carbocycles. The van der Waals surface area contributed by atoms with Gasteiger partial charge in [-0.25, -0.2) is 13.1 Å². The predicted octanol–water partition coefficient (Wildman–Crippen LogP) is 1.17. The smallest absolute Gasteiger partial charge is 0.250 e. The monoisotopic (exact) mass is 299 g/mol. The average molecular weight is 300 g/mol. The van der Waals surface area contributed by atoms with Crippen LogP contribution in [0.15, 0.2) is 20.1 Å². The van der Waals surface area contributed by atoms with E-state index < -0.39 is 16.1 Å². The highest BCUT2D eigenvalue weighted by Gasteiger charge is 2.16. The van der Waals surface area contributed by atoms with E-state index in [0.717, 1.165) is 15.1 Å². The fourth-order valence-corrected chi connectivity index (χ4v) is 3.92. The zero-order valence-electron chi connectivity index (χ0n) is 7.40. The molecular formula is C7H10BrNO3S2. The van der Waals surface area contributed by atoms with Crippen LogP contribution in [0, 0.1) is 0 Å². The second-order valence-electron chi connectivity index (χ2n) is 2.76. The summed E-state index contributed by atoms with van der Waals surface area (Å²) in [7, 11) is -3.46. The first-order chi connectivity index (χ1) is 6.42. The molecule has 1 aromatic heterocycles. The zero-order valence-corrected chi connectivity index (χ0v) is 10.6. The van der Waals surface area contributed by atoms with E-state index in [4.69, 9.17) is 5.11 Å². The molecule has 1 rings (SSSR count). The van der Waals surface area contributed by atoms with Crippen LogP contribution in [0.3, 0.4) is 0 Å². The van der Waals surface area contributed by atoms with Gasteiger partial charge in [0.1, 0.15) is 4.21 Å². The molecule has 0 unspecified atom stereocenters. The van der Waals surface area contributed by atoms with E-state index >= 15 is 0 Å². The highest BCUT2D eigenvalue weighted by Crippen LogP contribution is 2.25. The second-order valence-corrected chi connectivity index (χ2v) is 7.22. The number of hydrogen-bond acceptors (Lipinski definition) is 4. The third-order valence-electron chi connectivity index (χ3n) is 1.38. The summed E-state index contributed by atoms with van der Waals surface area (Å²) in [6.07, 6.45) is -0.687. The van der Waals surface area contributed by atoms with Crippen molar-refractivity contribution in [3.8, 4) is 0 Å². The molecule has 4 nitrogen and oxygen atoms in total. The van der Waals surface area contributed by atoms with Gasteiger partial charge in [0.05, 0.1) is 9.89 Å². The maximum atomic E-state index is 11.5. The maximum absolute atomic E-state index is 11.5. The molecule has 0 aliphatic heterocycles. The van der Waals surface area contributed by atoms with Crippen LogP contribution in [0.5, 0.6) is 0 Å². The predicted molar refractivity (Wildman–Crippen MR) is 58.9 cm³/mol. The summed E-state index contributed by atoms with van der Waals surface area (Å²) in [5, 5.41) is 8.94. The van der Waals surface area contributed by atoms with Crippen LogP contribution in [0.25, 0.3) is 0 Å². The Hall–Kier alpha value is 0.0500. The van der Waals surface area contributed by atoms with E-state index in [0.29, 0.717) is 0 Å². The summed E-state index contributed by atoms with van der Waals surface area (Å²) in [6, 6.07) is 3.18. The van der Waals surface area contributed by atoms with E-state index in [1.807, 2.05) is 0 Å². The van der Waals surface area contributed by atoms with Crippen LogP contribution in [0.1, 0.15) is 6.92 Å². The lowest BCUT2D eigenvalue weighted by atomic mass is 10.4. The molecule has 80 valence electrons. The number of nitrogens with one attached hydrogen (secondary N) is 1. The van der Waals surface area contributed by atoms with Crippen molar-refractivity contribution in [1.29, 1.82) is 0 Å². The van der Waals surface area contributed by atoms with E-state index in [9.17, 15) is 8.42 Å². The normalized spacial score (nSPS) is 14.2. The highest BCUT2D eigenvalue weighted by atomic mass is 79.9. The molecule has 1 heterocycles. The standard InChI is InChI=1S/C7H10BrNO3S2/c1-5(10)4-9-14(11,12)7-3-2-6(8)13-7/h2-3,5,9-10H,4H2,1H3/t5-/m0/s1. The van der Waals surface area contributed by atoms with Gasteiger partial charge in [0.15, 0.2) is 0 Å². The molecule has 2 N–H and O–H groups in total. The van der Waals surface area contributed by atoms with Gasteiger partial charge in [-0.05, 0) is 35.0 Å². The maximum Gasteiger partial charge on any atom is 0.250 e. The van der Waals surface area contributed by atoms with E-state index in [1.165, 1.54) is 13.0 Å². The number of thiophene rings is 1. The van der Waals surface area contributed by atoms with Crippen molar-refractivity contribution in [3.63, 3.8) is 0 Å². The Balaban J connectivity index is 2.76. The lowest BCUT2D eigenvalue weighted by Crippen LogP contribution is -2.30. The number of hydrogen-bond donors (Lipinski definition) is 2. The molecule has 7 heteroatoms. The van der Waals surface area contributed by atoms with Gasteiger partial charge < -0.3 is 5.11 Å². The number of rotatable bonds is 4. The summed E-state index contributed by atoms with van der Waals surface area (Å²) < 4.78 is 26.3. The van der Waals surface area contributed by atoms with Gasteiger partial charge in [0.25, 0.3) is 0 Å². The second kappa shape index (κ2) is 4.71. The van der Waals surface area contributed by atoms with Gasteiger partial charge in [0, 0.05) is 6.54 Å². The molecule has 1 atom stereocenters. The molecule has 14 heavy (non-hydrogen) atoms. The SMILES string of the molecule is C[C@H](O)CNS(=O)(=O)c1ccc(Br)s1. The quantitative estimate of drug-likeness (QED) is 0.877. The van der Waals surface area contributed by atoms with Crippen molar-refractivity contribution in [3.05, 3.63) is 15.9 Å². The van der Waals surface area contributed by atoms with Gasteiger partial charge >= 0.3 is 0 Å². The summed E-state index contributed by atoms with van der Waals surface area (Å²) in [5.74, 6) is 0. The molecule has 0 saturated heterocycles. The van der Waals surface area contributed by atoms with Gasteiger partial charge in [-0.15, -0.1) is 11.3 Å². The Labute approximate surface area is 95.1 Å². The Morgan fingerprint density at radius 3 is 2.71 bits per heavy atom.